The predicted octanol–water partition coefficient (Wildman–Crippen LogP) is 1.75. The van der Waals surface area contributed by atoms with Crippen LogP contribution in [0.25, 0.3) is 0 Å². The number of anilines is 1. The molecule has 1 amide bonds. The summed E-state index contributed by atoms with van der Waals surface area (Å²) in [5.74, 6) is -0.278. The monoisotopic (exact) mass is 279 g/mol. The Hall–Kier alpha value is -1.62. The van der Waals surface area contributed by atoms with Gasteiger partial charge in [-0.25, -0.2) is 4.39 Å². The lowest BCUT2D eigenvalue weighted by molar-refractivity contribution is 0.1000. The summed E-state index contributed by atoms with van der Waals surface area (Å²) in [4.78, 5) is 13.6. The third-order valence-electron chi connectivity index (χ3n) is 3.98. The molecule has 4 nitrogen and oxygen atoms in total. The lowest BCUT2D eigenvalue weighted by Gasteiger charge is -2.34. The van der Waals surface area contributed by atoms with E-state index in [2.05, 4.69) is 10.2 Å². The summed E-state index contributed by atoms with van der Waals surface area (Å²) in [6.07, 6.45) is 3.37. The largest absolute Gasteiger partial charge is 0.371 e. The fraction of sp³-hybridized carbons (Fsp3) is 0.533. The van der Waals surface area contributed by atoms with Crippen molar-refractivity contribution in [2.24, 2.45) is 11.7 Å². The number of nitrogens with one attached hydrogen (secondary N) is 1. The van der Waals surface area contributed by atoms with Crippen LogP contribution in [0.1, 0.15) is 29.6 Å². The molecule has 2 rings (SSSR count). The van der Waals surface area contributed by atoms with Gasteiger partial charge in [0.05, 0.1) is 5.56 Å². The number of hydrogen-bond donors (Lipinski definition) is 2. The van der Waals surface area contributed by atoms with E-state index < -0.39 is 11.7 Å². The minimum absolute atomic E-state index is 0.277. The van der Waals surface area contributed by atoms with E-state index in [0.29, 0.717) is 0 Å². The van der Waals surface area contributed by atoms with Crippen LogP contribution in [0, 0.1) is 11.7 Å². The zero-order valence-corrected chi connectivity index (χ0v) is 11.9. The van der Waals surface area contributed by atoms with Gasteiger partial charge in [-0.2, -0.15) is 0 Å². The highest BCUT2D eigenvalue weighted by Gasteiger charge is 2.22. The molecular weight excluding hydrogens is 257 g/mol. The molecule has 1 aromatic carbocycles. The molecule has 1 aliphatic heterocycles. The third kappa shape index (κ3) is 3.48. The van der Waals surface area contributed by atoms with Gasteiger partial charge in [-0.3, -0.25) is 4.79 Å². The van der Waals surface area contributed by atoms with Crippen LogP contribution in [0.3, 0.4) is 0 Å². The molecule has 110 valence electrons. The highest BCUT2D eigenvalue weighted by molar-refractivity contribution is 5.98. The summed E-state index contributed by atoms with van der Waals surface area (Å²) in [5.41, 5.74) is 6.37. The molecule has 0 unspecified atom stereocenters. The molecule has 0 bridgehead atoms. The predicted molar refractivity (Wildman–Crippen MR) is 78.4 cm³/mol. The number of primary amides is 1. The number of carbonyl (C=O) groups excluding carboxylic acids is 1. The molecule has 1 fully saturated rings. The molecular formula is C15H22FN3O. The number of piperidine rings is 1. The standard InChI is InChI=1S/C15H22FN3O/c1-18-7-4-11-5-8-19(9-6-11)14-3-2-12(16)10-13(14)15(17)20/h2-3,10-11,18H,4-9H2,1H3,(H2,17,20). The number of benzene rings is 1. The van der Waals surface area contributed by atoms with Crippen molar-refractivity contribution in [2.75, 3.05) is 31.6 Å². The maximum atomic E-state index is 13.2. The number of nitrogens with two attached hydrogens (primary N) is 1. The number of rotatable bonds is 5. The Morgan fingerprint density at radius 2 is 2.15 bits per heavy atom. The lowest BCUT2D eigenvalue weighted by Crippen LogP contribution is -2.35. The van der Waals surface area contributed by atoms with Gasteiger partial charge in [0.15, 0.2) is 0 Å². The molecule has 0 atom stereocenters. The molecule has 1 saturated heterocycles. The van der Waals surface area contributed by atoms with E-state index in [4.69, 9.17) is 5.73 Å². The van der Waals surface area contributed by atoms with Crippen LogP contribution in [-0.4, -0.2) is 32.6 Å². The Labute approximate surface area is 119 Å². The van der Waals surface area contributed by atoms with E-state index in [1.807, 2.05) is 7.05 Å². The van der Waals surface area contributed by atoms with Crippen molar-refractivity contribution < 1.29 is 9.18 Å². The van der Waals surface area contributed by atoms with Gasteiger partial charge in [-0.1, -0.05) is 0 Å². The van der Waals surface area contributed by atoms with Crippen LogP contribution in [0.15, 0.2) is 18.2 Å². The molecule has 1 aliphatic rings. The van der Waals surface area contributed by atoms with E-state index in [1.165, 1.54) is 18.6 Å². The SMILES string of the molecule is CNCCC1CCN(c2ccc(F)cc2C(N)=O)CC1. The molecule has 5 heteroatoms. The minimum atomic E-state index is -0.572. The minimum Gasteiger partial charge on any atom is -0.371 e. The van der Waals surface area contributed by atoms with Crippen molar-refractivity contribution in [3.63, 3.8) is 0 Å². The smallest absolute Gasteiger partial charge is 0.250 e. The van der Waals surface area contributed by atoms with Gasteiger partial charge in [-0.05, 0) is 57.0 Å². The molecule has 20 heavy (non-hydrogen) atoms. The average Bonchev–Trinajstić information content (AvgIpc) is 2.45. The number of carbonyl (C=O) groups is 1. The Balaban J connectivity index is 2.05. The van der Waals surface area contributed by atoms with Crippen molar-refractivity contribution in [2.45, 2.75) is 19.3 Å². The zero-order chi connectivity index (χ0) is 14.5. The highest BCUT2D eigenvalue weighted by atomic mass is 19.1. The van der Waals surface area contributed by atoms with Gasteiger partial charge in [0, 0.05) is 18.8 Å². The second kappa shape index (κ2) is 6.70. The first-order chi connectivity index (χ1) is 9.61. The van der Waals surface area contributed by atoms with E-state index in [1.54, 1.807) is 6.07 Å². The molecule has 1 heterocycles. The number of nitrogens with zero attached hydrogens (tertiary/aromatic N) is 1. The third-order valence-corrected chi connectivity index (χ3v) is 3.98. The van der Waals surface area contributed by atoms with Crippen LogP contribution in [0.5, 0.6) is 0 Å². The van der Waals surface area contributed by atoms with E-state index in [-0.39, 0.29) is 5.56 Å². The first-order valence-electron chi connectivity index (χ1n) is 7.10. The summed E-state index contributed by atoms with van der Waals surface area (Å²) in [7, 11) is 1.97. The van der Waals surface area contributed by atoms with Crippen LogP contribution in [0.2, 0.25) is 0 Å². The van der Waals surface area contributed by atoms with Crippen molar-refractivity contribution in [3.05, 3.63) is 29.6 Å². The van der Waals surface area contributed by atoms with Gasteiger partial charge in [0.2, 0.25) is 0 Å². The van der Waals surface area contributed by atoms with Crippen molar-refractivity contribution in [1.29, 1.82) is 0 Å². The average molecular weight is 279 g/mol. The first-order valence-corrected chi connectivity index (χ1v) is 7.10. The van der Waals surface area contributed by atoms with Crippen molar-refractivity contribution >= 4 is 11.6 Å². The van der Waals surface area contributed by atoms with Crippen LogP contribution in [-0.2, 0) is 0 Å². The van der Waals surface area contributed by atoms with Crippen LogP contribution >= 0.6 is 0 Å². The highest BCUT2D eigenvalue weighted by Crippen LogP contribution is 2.28. The van der Waals surface area contributed by atoms with Gasteiger partial charge in [0.25, 0.3) is 5.91 Å². The quantitative estimate of drug-likeness (QED) is 0.863. The molecule has 1 aromatic rings. The van der Waals surface area contributed by atoms with Gasteiger partial charge >= 0.3 is 0 Å². The van der Waals surface area contributed by atoms with Gasteiger partial charge < -0.3 is 16.0 Å². The Bertz CT molecular complexity index is 470. The van der Waals surface area contributed by atoms with Gasteiger partial charge in [0.1, 0.15) is 5.82 Å². The van der Waals surface area contributed by atoms with Crippen molar-refractivity contribution in [3.8, 4) is 0 Å². The molecule has 0 radical (unpaired) electrons. The molecule has 0 aliphatic carbocycles. The summed E-state index contributed by atoms with van der Waals surface area (Å²) in [5, 5.41) is 3.17. The second-order valence-corrected chi connectivity index (χ2v) is 5.35. The summed E-state index contributed by atoms with van der Waals surface area (Å²) in [6.45, 7) is 2.81. The fourth-order valence-corrected chi connectivity index (χ4v) is 2.79. The second-order valence-electron chi connectivity index (χ2n) is 5.35. The Morgan fingerprint density at radius 1 is 1.45 bits per heavy atom. The topological polar surface area (TPSA) is 58.4 Å². The van der Waals surface area contributed by atoms with Gasteiger partial charge in [-0.15, -0.1) is 0 Å². The maximum absolute atomic E-state index is 13.2. The van der Waals surface area contributed by atoms with E-state index in [0.717, 1.165) is 44.1 Å². The summed E-state index contributed by atoms with van der Waals surface area (Å²) >= 11 is 0. The van der Waals surface area contributed by atoms with Crippen molar-refractivity contribution in [1.82, 2.24) is 5.32 Å². The number of halogens is 1. The zero-order valence-electron chi connectivity index (χ0n) is 11.9. The van der Waals surface area contributed by atoms with Crippen LogP contribution in [0.4, 0.5) is 10.1 Å². The maximum Gasteiger partial charge on any atom is 0.250 e. The Kier molecular flexibility index (Phi) is 4.95. The van der Waals surface area contributed by atoms with Crippen LogP contribution < -0.4 is 16.0 Å². The first kappa shape index (κ1) is 14.8. The normalized spacial score (nSPS) is 16.4. The molecule has 0 aromatic heterocycles. The molecule has 3 N–H and O–H groups in total. The lowest BCUT2D eigenvalue weighted by atomic mass is 9.93. The fourth-order valence-electron chi connectivity index (χ4n) is 2.79. The molecule has 0 spiro atoms. The molecule has 0 saturated carbocycles. The summed E-state index contributed by atoms with van der Waals surface area (Å²) in [6, 6.07) is 4.27. The number of amides is 1. The summed E-state index contributed by atoms with van der Waals surface area (Å²) < 4.78 is 13.2. The Morgan fingerprint density at radius 3 is 2.75 bits per heavy atom. The number of hydrogen-bond acceptors (Lipinski definition) is 3. The van der Waals surface area contributed by atoms with E-state index in [9.17, 15) is 9.18 Å². The van der Waals surface area contributed by atoms with E-state index >= 15 is 0 Å².